The maximum Gasteiger partial charge on any atom is 0.306 e. The molecule has 0 saturated heterocycles. The second-order valence-electron chi connectivity index (χ2n) is 7.29. The number of allylic oxidation sites excluding steroid dienone is 2. The van der Waals surface area contributed by atoms with Gasteiger partial charge in [-0.25, -0.2) is 0 Å². The van der Waals surface area contributed by atoms with Gasteiger partial charge in [0.25, 0.3) is 0 Å². The third-order valence-electron chi connectivity index (χ3n) is 4.21. The molecule has 0 N–H and O–H groups in total. The van der Waals surface area contributed by atoms with Gasteiger partial charge in [0, 0.05) is 25.7 Å². The number of ether oxygens (including phenoxy) is 3. The summed E-state index contributed by atoms with van der Waals surface area (Å²) in [5.41, 5.74) is 0. The average molecular weight is 405 g/mol. The number of benzene rings is 1. The molecule has 5 nitrogen and oxygen atoms in total. The molecule has 0 spiro atoms. The Morgan fingerprint density at radius 3 is 2.55 bits per heavy atom. The number of carbonyl (C=O) groups excluding carboxylic acids is 2. The van der Waals surface area contributed by atoms with Gasteiger partial charge in [-0.15, -0.1) is 0 Å². The molecule has 0 amide bonds. The summed E-state index contributed by atoms with van der Waals surface area (Å²) in [6.45, 7) is 7.04. The normalized spacial score (nSPS) is 16.0. The molecule has 0 aromatic heterocycles. The summed E-state index contributed by atoms with van der Waals surface area (Å²) in [5, 5.41) is 0. The molecular weight excluding hydrogens is 368 g/mol. The zero-order chi connectivity index (χ0) is 21.3. The van der Waals surface area contributed by atoms with Crippen molar-refractivity contribution < 1.29 is 23.8 Å². The topological polar surface area (TPSA) is 61.8 Å². The highest BCUT2D eigenvalue weighted by Crippen LogP contribution is 2.18. The number of para-hydroxylation sites is 1. The molecule has 0 radical (unpaired) electrons. The highest BCUT2D eigenvalue weighted by molar-refractivity contribution is 5.81. The number of carbonyl (C=O) groups is 2. The van der Waals surface area contributed by atoms with E-state index in [4.69, 9.17) is 14.2 Å². The largest absolute Gasteiger partial charge is 0.494 e. The molecule has 5 heteroatoms. The first-order chi connectivity index (χ1) is 14.0. The standard InChI is InChI=1S/C14H18O3.C10H18O2/c15-12-7-8-14(11-12)17-10-4-9-16-13-5-2-1-3-6-13;1-4-5-6-7-8-10(11)12-9(2)3/h1-3,5-6,14H,4,7-11H2;4-5,9H,6-8H2,1-3H3/b;5-4-. The van der Waals surface area contributed by atoms with E-state index in [2.05, 4.69) is 6.08 Å². The van der Waals surface area contributed by atoms with E-state index in [0.717, 1.165) is 31.4 Å². The first-order valence-corrected chi connectivity index (χ1v) is 10.6. The predicted octanol–water partition coefficient (Wildman–Crippen LogP) is 5.28. The molecular formula is C24H36O5. The van der Waals surface area contributed by atoms with Crippen LogP contribution in [0.4, 0.5) is 0 Å². The van der Waals surface area contributed by atoms with E-state index in [1.807, 2.05) is 57.2 Å². The summed E-state index contributed by atoms with van der Waals surface area (Å²) >= 11 is 0. The van der Waals surface area contributed by atoms with Crippen molar-refractivity contribution in [2.75, 3.05) is 13.2 Å². The molecule has 2 rings (SSSR count). The van der Waals surface area contributed by atoms with Gasteiger partial charge in [0.05, 0.1) is 25.4 Å². The Morgan fingerprint density at radius 1 is 1.17 bits per heavy atom. The Morgan fingerprint density at radius 2 is 1.93 bits per heavy atom. The van der Waals surface area contributed by atoms with E-state index in [0.29, 0.717) is 38.3 Å². The number of unbranched alkanes of at least 4 members (excludes halogenated alkanes) is 1. The van der Waals surface area contributed by atoms with Gasteiger partial charge in [0.2, 0.25) is 0 Å². The van der Waals surface area contributed by atoms with Gasteiger partial charge in [-0.1, -0.05) is 30.4 Å². The van der Waals surface area contributed by atoms with Gasteiger partial charge in [0.1, 0.15) is 11.5 Å². The highest BCUT2D eigenvalue weighted by atomic mass is 16.5. The van der Waals surface area contributed by atoms with Crippen LogP contribution in [-0.2, 0) is 19.1 Å². The van der Waals surface area contributed by atoms with Crippen LogP contribution < -0.4 is 4.74 Å². The summed E-state index contributed by atoms with van der Waals surface area (Å²) in [5.74, 6) is 1.13. The lowest BCUT2D eigenvalue weighted by atomic mass is 10.2. The van der Waals surface area contributed by atoms with Crippen LogP contribution in [-0.4, -0.2) is 37.2 Å². The Labute approximate surface area is 175 Å². The fourth-order valence-electron chi connectivity index (χ4n) is 2.79. The molecule has 1 aromatic carbocycles. The number of ketones is 1. The molecule has 0 bridgehead atoms. The fourth-order valence-corrected chi connectivity index (χ4v) is 2.79. The third-order valence-corrected chi connectivity index (χ3v) is 4.21. The Balaban J connectivity index is 0.000000311. The lowest BCUT2D eigenvalue weighted by molar-refractivity contribution is -0.147. The van der Waals surface area contributed by atoms with Gasteiger partial charge < -0.3 is 14.2 Å². The minimum Gasteiger partial charge on any atom is -0.494 e. The van der Waals surface area contributed by atoms with Crippen LogP contribution in [0, 0.1) is 0 Å². The Kier molecular flexibility index (Phi) is 13.5. The number of rotatable bonds is 11. The molecule has 1 unspecified atom stereocenters. The number of esters is 1. The number of hydrogen-bond acceptors (Lipinski definition) is 5. The summed E-state index contributed by atoms with van der Waals surface area (Å²) in [6, 6.07) is 9.76. The van der Waals surface area contributed by atoms with E-state index < -0.39 is 0 Å². The van der Waals surface area contributed by atoms with Crippen LogP contribution in [0.2, 0.25) is 0 Å². The van der Waals surface area contributed by atoms with E-state index in [9.17, 15) is 9.59 Å². The van der Waals surface area contributed by atoms with Crippen LogP contribution in [0.5, 0.6) is 5.75 Å². The van der Waals surface area contributed by atoms with Crippen molar-refractivity contribution in [1.82, 2.24) is 0 Å². The molecule has 29 heavy (non-hydrogen) atoms. The number of Topliss-reactive ketones (excluding diaryl/α,β-unsaturated/α-hetero) is 1. The fraction of sp³-hybridized carbons (Fsp3) is 0.583. The zero-order valence-electron chi connectivity index (χ0n) is 18.1. The van der Waals surface area contributed by atoms with Crippen LogP contribution in [0.1, 0.15) is 65.7 Å². The Hall–Kier alpha value is -2.14. The third kappa shape index (κ3) is 13.6. The van der Waals surface area contributed by atoms with Crippen molar-refractivity contribution in [2.24, 2.45) is 0 Å². The molecule has 0 heterocycles. The molecule has 162 valence electrons. The maximum atomic E-state index is 11.0. The first kappa shape index (κ1) is 24.9. The monoisotopic (exact) mass is 404 g/mol. The van der Waals surface area contributed by atoms with E-state index in [-0.39, 0.29) is 18.2 Å². The molecule has 1 aliphatic rings. The van der Waals surface area contributed by atoms with Crippen molar-refractivity contribution >= 4 is 11.8 Å². The van der Waals surface area contributed by atoms with Crippen LogP contribution in [0.3, 0.4) is 0 Å². The van der Waals surface area contributed by atoms with Gasteiger partial charge >= 0.3 is 5.97 Å². The minimum atomic E-state index is -0.0884. The Bertz CT molecular complexity index is 595. The lowest BCUT2D eigenvalue weighted by Crippen LogP contribution is -2.11. The second-order valence-corrected chi connectivity index (χ2v) is 7.29. The smallest absolute Gasteiger partial charge is 0.306 e. The molecule has 1 saturated carbocycles. The summed E-state index contributed by atoms with van der Waals surface area (Å²) in [4.78, 5) is 22.0. The highest BCUT2D eigenvalue weighted by Gasteiger charge is 2.22. The van der Waals surface area contributed by atoms with Crippen molar-refractivity contribution in [3.05, 3.63) is 42.5 Å². The van der Waals surface area contributed by atoms with Crippen molar-refractivity contribution in [3.63, 3.8) is 0 Å². The quantitative estimate of drug-likeness (QED) is 0.285. The maximum absolute atomic E-state index is 11.0. The van der Waals surface area contributed by atoms with E-state index >= 15 is 0 Å². The van der Waals surface area contributed by atoms with Crippen molar-refractivity contribution in [3.8, 4) is 5.75 Å². The minimum absolute atomic E-state index is 0.0132. The van der Waals surface area contributed by atoms with Crippen LogP contribution in [0.25, 0.3) is 0 Å². The molecule has 1 atom stereocenters. The lowest BCUT2D eigenvalue weighted by Gasteiger charge is -2.10. The predicted molar refractivity (Wildman–Crippen MR) is 115 cm³/mol. The SMILES string of the molecule is C/C=C\CCCC(=O)OC(C)C.O=C1CCC(OCCCOc2ccccc2)C1. The molecule has 0 aliphatic heterocycles. The van der Waals surface area contributed by atoms with Gasteiger partial charge in [-0.05, 0) is 52.2 Å². The first-order valence-electron chi connectivity index (χ1n) is 10.6. The van der Waals surface area contributed by atoms with Crippen molar-refractivity contribution in [1.29, 1.82) is 0 Å². The number of hydrogen-bond donors (Lipinski definition) is 0. The van der Waals surface area contributed by atoms with Gasteiger partial charge in [-0.3, -0.25) is 9.59 Å². The van der Waals surface area contributed by atoms with Crippen molar-refractivity contribution in [2.45, 2.75) is 77.9 Å². The van der Waals surface area contributed by atoms with Crippen LogP contribution in [0.15, 0.2) is 42.5 Å². The molecule has 1 fully saturated rings. The van der Waals surface area contributed by atoms with Crippen LogP contribution >= 0.6 is 0 Å². The molecule has 1 aromatic rings. The zero-order valence-corrected chi connectivity index (χ0v) is 18.1. The summed E-state index contributed by atoms with van der Waals surface area (Å²) in [7, 11) is 0. The van der Waals surface area contributed by atoms with Gasteiger partial charge in [0.15, 0.2) is 0 Å². The van der Waals surface area contributed by atoms with Gasteiger partial charge in [-0.2, -0.15) is 0 Å². The summed E-state index contributed by atoms with van der Waals surface area (Å²) < 4.78 is 16.1. The summed E-state index contributed by atoms with van der Waals surface area (Å²) in [6.07, 6.45) is 9.62. The van der Waals surface area contributed by atoms with E-state index in [1.165, 1.54) is 0 Å². The molecule has 1 aliphatic carbocycles. The average Bonchev–Trinajstić information content (AvgIpc) is 3.11. The van der Waals surface area contributed by atoms with E-state index in [1.54, 1.807) is 0 Å². The second kappa shape index (κ2) is 15.7.